The van der Waals surface area contributed by atoms with Crippen molar-refractivity contribution in [2.75, 3.05) is 7.11 Å². The molecule has 0 spiro atoms. The number of benzene rings is 1. The van der Waals surface area contributed by atoms with Gasteiger partial charge in [-0.15, -0.1) is 0 Å². The van der Waals surface area contributed by atoms with Gasteiger partial charge in [-0.1, -0.05) is 19.1 Å². The maximum absolute atomic E-state index is 14.1. The van der Waals surface area contributed by atoms with E-state index in [-0.39, 0.29) is 17.8 Å². The molecule has 2 heterocycles. The summed E-state index contributed by atoms with van der Waals surface area (Å²) >= 11 is 0. The van der Waals surface area contributed by atoms with Gasteiger partial charge in [-0.2, -0.15) is 0 Å². The van der Waals surface area contributed by atoms with E-state index in [4.69, 9.17) is 4.74 Å². The summed E-state index contributed by atoms with van der Waals surface area (Å²) in [5.41, 5.74) is 2.18. The van der Waals surface area contributed by atoms with Crippen molar-refractivity contribution >= 4 is 16.8 Å². The molecule has 1 aliphatic carbocycles. The van der Waals surface area contributed by atoms with E-state index in [1.807, 2.05) is 12.1 Å². The minimum atomic E-state index is -0.269. The van der Waals surface area contributed by atoms with Gasteiger partial charge >= 0.3 is 0 Å². The molecule has 4 rings (SSSR count). The summed E-state index contributed by atoms with van der Waals surface area (Å²) in [7, 11) is 1.55. The van der Waals surface area contributed by atoms with E-state index >= 15 is 0 Å². The zero-order chi connectivity index (χ0) is 21.8. The Kier molecular flexibility index (Phi) is 6.44. The van der Waals surface area contributed by atoms with E-state index in [1.54, 1.807) is 37.7 Å². The van der Waals surface area contributed by atoms with Crippen LogP contribution in [0, 0.1) is 11.7 Å². The van der Waals surface area contributed by atoms with Crippen LogP contribution in [-0.4, -0.2) is 29.0 Å². The Balaban J connectivity index is 1.41. The Hall–Kier alpha value is -3.02. The van der Waals surface area contributed by atoms with Gasteiger partial charge in [0.1, 0.15) is 11.3 Å². The largest absolute Gasteiger partial charge is 0.481 e. The average Bonchev–Trinajstić information content (AvgIpc) is 2.82. The van der Waals surface area contributed by atoms with Gasteiger partial charge in [-0.25, -0.2) is 9.37 Å². The first kappa shape index (κ1) is 21.2. The van der Waals surface area contributed by atoms with Crippen molar-refractivity contribution in [1.82, 2.24) is 15.3 Å². The number of para-hydroxylation sites is 1. The van der Waals surface area contributed by atoms with Crippen molar-refractivity contribution < 1.29 is 13.9 Å². The van der Waals surface area contributed by atoms with Gasteiger partial charge < -0.3 is 10.1 Å². The number of rotatable bonds is 6. The number of ether oxygens (including phenoxy) is 1. The van der Waals surface area contributed by atoms with E-state index in [9.17, 15) is 9.18 Å². The van der Waals surface area contributed by atoms with Gasteiger partial charge in [-0.3, -0.25) is 9.78 Å². The van der Waals surface area contributed by atoms with E-state index in [0.717, 1.165) is 37.5 Å². The molecule has 1 aliphatic rings. The molecule has 0 aliphatic heterocycles. The van der Waals surface area contributed by atoms with Gasteiger partial charge in [0.15, 0.2) is 0 Å². The molecule has 1 fully saturated rings. The first-order chi connectivity index (χ1) is 15.1. The fourth-order valence-corrected chi connectivity index (χ4v) is 4.79. The second-order valence-corrected chi connectivity index (χ2v) is 8.23. The first-order valence-corrected chi connectivity index (χ1v) is 10.9. The molecule has 0 saturated heterocycles. The SMILES string of the molecule is CC[C@H](NC(=O)c1ccc(OC)nc1)C1CCC(c2ccnc3c(F)cccc23)CC1. The van der Waals surface area contributed by atoms with Crippen LogP contribution < -0.4 is 10.1 Å². The van der Waals surface area contributed by atoms with Crippen molar-refractivity contribution in [3.05, 3.63) is 65.7 Å². The van der Waals surface area contributed by atoms with Gasteiger partial charge in [0, 0.05) is 29.9 Å². The lowest BCUT2D eigenvalue weighted by atomic mass is 9.75. The summed E-state index contributed by atoms with van der Waals surface area (Å²) in [6.07, 6.45) is 8.25. The first-order valence-electron chi connectivity index (χ1n) is 10.9. The summed E-state index contributed by atoms with van der Waals surface area (Å²) < 4.78 is 19.2. The van der Waals surface area contributed by atoms with Crippen LogP contribution in [-0.2, 0) is 0 Å². The lowest BCUT2D eigenvalue weighted by molar-refractivity contribution is 0.0909. The topological polar surface area (TPSA) is 64.1 Å². The van der Waals surface area contributed by atoms with Crippen LogP contribution in [0.5, 0.6) is 5.88 Å². The molecule has 0 bridgehead atoms. The molecule has 0 unspecified atom stereocenters. The Morgan fingerprint density at radius 1 is 1.16 bits per heavy atom. The lowest BCUT2D eigenvalue weighted by Gasteiger charge is -2.34. The minimum absolute atomic E-state index is 0.0975. The molecule has 2 aromatic heterocycles. The van der Waals surface area contributed by atoms with E-state index in [0.29, 0.717) is 28.8 Å². The average molecular weight is 422 g/mol. The Labute approximate surface area is 182 Å². The van der Waals surface area contributed by atoms with E-state index < -0.39 is 0 Å². The molecule has 1 aromatic carbocycles. The second kappa shape index (κ2) is 9.41. The zero-order valence-electron chi connectivity index (χ0n) is 18.0. The molecule has 31 heavy (non-hydrogen) atoms. The number of hydrogen-bond donors (Lipinski definition) is 1. The van der Waals surface area contributed by atoms with Crippen LogP contribution in [0.15, 0.2) is 48.8 Å². The fourth-order valence-electron chi connectivity index (χ4n) is 4.79. The summed E-state index contributed by atoms with van der Waals surface area (Å²) in [5.74, 6) is 0.948. The number of hydrogen-bond acceptors (Lipinski definition) is 4. The maximum atomic E-state index is 14.1. The zero-order valence-corrected chi connectivity index (χ0v) is 18.0. The third-order valence-electron chi connectivity index (χ3n) is 6.50. The quantitative estimate of drug-likeness (QED) is 0.590. The van der Waals surface area contributed by atoms with Crippen LogP contribution in [0.4, 0.5) is 4.39 Å². The number of nitrogens with zero attached hydrogens (tertiary/aromatic N) is 2. The van der Waals surface area contributed by atoms with Crippen LogP contribution in [0.25, 0.3) is 10.9 Å². The molecule has 1 atom stereocenters. The maximum Gasteiger partial charge on any atom is 0.253 e. The van der Waals surface area contributed by atoms with Crippen LogP contribution >= 0.6 is 0 Å². The molecule has 5 nitrogen and oxygen atoms in total. The minimum Gasteiger partial charge on any atom is -0.481 e. The Morgan fingerprint density at radius 3 is 2.65 bits per heavy atom. The molecular weight excluding hydrogens is 393 g/mol. The number of methoxy groups -OCH3 is 1. The highest BCUT2D eigenvalue weighted by atomic mass is 19.1. The van der Waals surface area contributed by atoms with Crippen LogP contribution in [0.3, 0.4) is 0 Å². The van der Waals surface area contributed by atoms with Crippen molar-refractivity contribution in [2.45, 2.75) is 51.0 Å². The molecular formula is C25H28FN3O2. The second-order valence-electron chi connectivity index (χ2n) is 8.23. The number of carbonyl (C=O) groups is 1. The van der Waals surface area contributed by atoms with E-state index in [2.05, 4.69) is 22.2 Å². The molecule has 1 amide bonds. The van der Waals surface area contributed by atoms with Crippen LogP contribution in [0.1, 0.15) is 60.9 Å². The van der Waals surface area contributed by atoms with Gasteiger partial charge in [0.05, 0.1) is 12.7 Å². The number of fused-ring (bicyclic) bond motifs is 1. The van der Waals surface area contributed by atoms with Crippen molar-refractivity contribution in [3.8, 4) is 5.88 Å². The Bertz CT molecular complexity index is 1050. The number of carbonyl (C=O) groups excluding carboxylic acids is 1. The molecule has 3 aromatic rings. The molecule has 1 N–H and O–H groups in total. The third kappa shape index (κ3) is 4.53. The normalized spacial score (nSPS) is 19.7. The molecule has 1 saturated carbocycles. The fraction of sp³-hybridized carbons (Fsp3) is 0.400. The molecule has 6 heteroatoms. The summed E-state index contributed by atoms with van der Waals surface area (Å²) in [5, 5.41) is 4.12. The molecule has 0 radical (unpaired) electrons. The van der Waals surface area contributed by atoms with Crippen molar-refractivity contribution in [2.24, 2.45) is 5.92 Å². The highest BCUT2D eigenvalue weighted by Crippen LogP contribution is 2.40. The number of aromatic nitrogens is 2. The predicted molar refractivity (Wildman–Crippen MR) is 119 cm³/mol. The Morgan fingerprint density at radius 2 is 1.97 bits per heavy atom. The smallest absolute Gasteiger partial charge is 0.253 e. The number of nitrogens with one attached hydrogen (secondary N) is 1. The highest BCUT2D eigenvalue weighted by molar-refractivity contribution is 5.94. The number of pyridine rings is 2. The lowest BCUT2D eigenvalue weighted by Crippen LogP contribution is -2.41. The van der Waals surface area contributed by atoms with Crippen LogP contribution in [0.2, 0.25) is 0 Å². The van der Waals surface area contributed by atoms with E-state index in [1.165, 1.54) is 11.6 Å². The molecule has 162 valence electrons. The van der Waals surface area contributed by atoms with Gasteiger partial charge in [0.25, 0.3) is 5.91 Å². The number of halogens is 1. The predicted octanol–water partition coefficient (Wildman–Crippen LogP) is 5.26. The van der Waals surface area contributed by atoms with Gasteiger partial charge in [0.2, 0.25) is 5.88 Å². The van der Waals surface area contributed by atoms with Crippen molar-refractivity contribution in [1.29, 1.82) is 0 Å². The highest BCUT2D eigenvalue weighted by Gasteiger charge is 2.29. The van der Waals surface area contributed by atoms with Gasteiger partial charge in [-0.05, 0) is 67.7 Å². The monoisotopic (exact) mass is 421 g/mol. The summed E-state index contributed by atoms with van der Waals surface area (Å²) in [6, 6.07) is 10.8. The van der Waals surface area contributed by atoms with Crippen molar-refractivity contribution in [3.63, 3.8) is 0 Å². The third-order valence-corrected chi connectivity index (χ3v) is 6.50. The number of amides is 1. The summed E-state index contributed by atoms with van der Waals surface area (Å²) in [4.78, 5) is 21.0. The summed E-state index contributed by atoms with van der Waals surface area (Å²) in [6.45, 7) is 2.11. The standard InChI is InChI=1S/C25H28FN3O2/c1-3-22(29-25(30)18-11-12-23(31-2)28-15-18)17-9-7-16(8-10-17)19-13-14-27-24-20(19)5-4-6-21(24)26/h4-6,11-17,22H,3,7-10H2,1-2H3,(H,29,30)/t16?,17?,22-/m0/s1.